The molecule has 2 N–H and O–H groups in total. The molecule has 0 atom stereocenters. The predicted molar refractivity (Wildman–Crippen MR) is 126 cm³/mol. The standard InChI is InChI=1S/C24H20N4O5S/c1-2-32-23(29)15-33-17-8-10-18(11-9-17)34(30,31)28-22-13-16(14-25)7-12-19(22)24-26-20-5-3-4-6-21(20)27-24/h3-13,28H,2,15H2,1H3,(H,26,27). The Morgan fingerprint density at radius 3 is 2.59 bits per heavy atom. The number of aromatic amines is 1. The maximum atomic E-state index is 13.1. The van der Waals surface area contributed by atoms with Gasteiger partial charge in [0.15, 0.2) is 6.61 Å². The Balaban J connectivity index is 1.61. The Morgan fingerprint density at radius 2 is 1.88 bits per heavy atom. The van der Waals surface area contributed by atoms with Gasteiger partial charge in [-0.3, -0.25) is 4.72 Å². The fourth-order valence-corrected chi connectivity index (χ4v) is 4.32. The lowest BCUT2D eigenvalue weighted by Gasteiger charge is -2.13. The zero-order chi connectivity index (χ0) is 24.1. The van der Waals surface area contributed by atoms with Crippen molar-refractivity contribution in [2.45, 2.75) is 11.8 Å². The number of fused-ring (bicyclic) bond motifs is 1. The van der Waals surface area contributed by atoms with E-state index in [1.165, 1.54) is 30.3 Å². The Hall–Kier alpha value is -4.36. The zero-order valence-electron chi connectivity index (χ0n) is 18.1. The van der Waals surface area contributed by atoms with Crippen LogP contribution in [0.2, 0.25) is 0 Å². The number of benzene rings is 3. The van der Waals surface area contributed by atoms with Gasteiger partial charge < -0.3 is 14.5 Å². The van der Waals surface area contributed by atoms with Crippen molar-refractivity contribution in [2.75, 3.05) is 17.9 Å². The van der Waals surface area contributed by atoms with E-state index in [4.69, 9.17) is 9.47 Å². The number of ether oxygens (including phenoxy) is 2. The van der Waals surface area contributed by atoms with E-state index in [1.807, 2.05) is 30.3 Å². The lowest BCUT2D eigenvalue weighted by atomic mass is 10.1. The highest BCUT2D eigenvalue weighted by atomic mass is 32.2. The number of nitriles is 1. The molecule has 1 heterocycles. The van der Waals surface area contributed by atoms with Crippen molar-refractivity contribution in [1.29, 1.82) is 5.26 Å². The van der Waals surface area contributed by atoms with Crippen LogP contribution in [0.4, 0.5) is 5.69 Å². The second kappa shape index (κ2) is 9.64. The highest BCUT2D eigenvalue weighted by Gasteiger charge is 2.19. The molecule has 0 saturated carbocycles. The largest absolute Gasteiger partial charge is 0.482 e. The zero-order valence-corrected chi connectivity index (χ0v) is 18.9. The molecule has 0 aliphatic rings. The van der Waals surface area contributed by atoms with Crippen molar-refractivity contribution in [3.63, 3.8) is 0 Å². The third-order valence-corrected chi connectivity index (χ3v) is 6.21. The topological polar surface area (TPSA) is 134 Å². The van der Waals surface area contributed by atoms with Crippen LogP contribution in [0.25, 0.3) is 22.4 Å². The van der Waals surface area contributed by atoms with Crippen molar-refractivity contribution in [3.8, 4) is 23.2 Å². The molecule has 9 nitrogen and oxygen atoms in total. The Kier molecular flexibility index (Phi) is 6.47. The molecule has 1 aromatic heterocycles. The third-order valence-electron chi connectivity index (χ3n) is 4.83. The second-order valence-electron chi connectivity index (χ2n) is 7.15. The van der Waals surface area contributed by atoms with E-state index < -0.39 is 16.0 Å². The predicted octanol–water partition coefficient (Wildman–Crippen LogP) is 3.84. The first-order valence-electron chi connectivity index (χ1n) is 10.3. The molecule has 0 aliphatic heterocycles. The molecular weight excluding hydrogens is 456 g/mol. The van der Waals surface area contributed by atoms with Gasteiger partial charge in [-0.05, 0) is 61.5 Å². The Bertz CT molecular complexity index is 1460. The van der Waals surface area contributed by atoms with E-state index in [0.29, 0.717) is 22.7 Å². The second-order valence-corrected chi connectivity index (χ2v) is 8.83. The van der Waals surface area contributed by atoms with Gasteiger partial charge in [-0.1, -0.05) is 12.1 Å². The molecule has 0 saturated heterocycles. The molecule has 0 fully saturated rings. The third kappa shape index (κ3) is 5.00. The molecule has 172 valence electrons. The number of nitrogens with zero attached hydrogens (tertiary/aromatic N) is 2. The Morgan fingerprint density at radius 1 is 1.12 bits per heavy atom. The summed E-state index contributed by atoms with van der Waals surface area (Å²) in [5.74, 6) is 0.268. The van der Waals surface area contributed by atoms with E-state index in [0.717, 1.165) is 11.0 Å². The number of esters is 1. The first kappa shape index (κ1) is 22.8. The van der Waals surface area contributed by atoms with Crippen LogP contribution < -0.4 is 9.46 Å². The minimum absolute atomic E-state index is 0.0195. The van der Waals surface area contributed by atoms with E-state index in [-0.39, 0.29) is 23.8 Å². The number of sulfonamides is 1. The number of H-pyrrole nitrogens is 1. The molecule has 0 bridgehead atoms. The van der Waals surface area contributed by atoms with Gasteiger partial charge in [0.05, 0.1) is 39.9 Å². The van der Waals surface area contributed by atoms with Crippen LogP contribution in [0.5, 0.6) is 5.75 Å². The quantitative estimate of drug-likeness (QED) is 0.369. The molecular formula is C24H20N4O5S. The monoisotopic (exact) mass is 476 g/mol. The number of hydrogen-bond acceptors (Lipinski definition) is 7. The SMILES string of the molecule is CCOC(=O)COc1ccc(S(=O)(=O)Nc2cc(C#N)ccc2-c2nc3ccccc3[nH]2)cc1. The average Bonchev–Trinajstić information content (AvgIpc) is 3.27. The van der Waals surface area contributed by atoms with E-state index in [9.17, 15) is 18.5 Å². The molecule has 0 unspecified atom stereocenters. The van der Waals surface area contributed by atoms with Crippen molar-refractivity contribution >= 4 is 32.7 Å². The van der Waals surface area contributed by atoms with Gasteiger partial charge in [0.2, 0.25) is 0 Å². The van der Waals surface area contributed by atoms with Gasteiger partial charge in [-0.2, -0.15) is 5.26 Å². The van der Waals surface area contributed by atoms with Gasteiger partial charge in [-0.15, -0.1) is 0 Å². The number of carbonyl (C=O) groups excluding carboxylic acids is 1. The summed E-state index contributed by atoms with van der Waals surface area (Å²) in [6.07, 6.45) is 0. The van der Waals surface area contributed by atoms with Gasteiger partial charge >= 0.3 is 5.97 Å². The van der Waals surface area contributed by atoms with Crippen LogP contribution in [0.1, 0.15) is 12.5 Å². The smallest absolute Gasteiger partial charge is 0.344 e. The van der Waals surface area contributed by atoms with E-state index in [2.05, 4.69) is 14.7 Å². The van der Waals surface area contributed by atoms with Gasteiger partial charge in [0.1, 0.15) is 11.6 Å². The summed E-state index contributed by atoms with van der Waals surface area (Å²) in [5, 5.41) is 9.31. The minimum atomic E-state index is -4.00. The van der Waals surface area contributed by atoms with Crippen molar-refractivity contribution in [3.05, 3.63) is 72.3 Å². The molecule has 4 aromatic rings. The number of imidazole rings is 1. The summed E-state index contributed by atoms with van der Waals surface area (Å²) in [7, 11) is -4.00. The summed E-state index contributed by atoms with van der Waals surface area (Å²) >= 11 is 0. The molecule has 34 heavy (non-hydrogen) atoms. The number of aromatic nitrogens is 2. The molecule has 0 amide bonds. The average molecular weight is 477 g/mol. The summed E-state index contributed by atoms with van der Waals surface area (Å²) in [6.45, 7) is 1.66. The van der Waals surface area contributed by atoms with Crippen LogP contribution in [-0.4, -0.2) is 37.6 Å². The lowest BCUT2D eigenvalue weighted by molar-refractivity contribution is -0.145. The Labute approximate surface area is 196 Å². The van der Waals surface area contributed by atoms with Crippen molar-refractivity contribution < 1.29 is 22.7 Å². The number of carbonyl (C=O) groups is 1. The number of para-hydroxylation sites is 2. The highest BCUT2D eigenvalue weighted by Crippen LogP contribution is 2.31. The fraction of sp³-hybridized carbons (Fsp3) is 0.125. The number of anilines is 1. The van der Waals surface area contributed by atoms with Crippen LogP contribution in [0.15, 0.2) is 71.6 Å². The highest BCUT2D eigenvalue weighted by molar-refractivity contribution is 7.92. The fourth-order valence-electron chi connectivity index (χ4n) is 3.25. The number of nitrogens with one attached hydrogen (secondary N) is 2. The first-order chi connectivity index (χ1) is 16.4. The molecule has 4 rings (SSSR count). The van der Waals surface area contributed by atoms with Crippen LogP contribution >= 0.6 is 0 Å². The van der Waals surface area contributed by atoms with E-state index >= 15 is 0 Å². The number of hydrogen-bond donors (Lipinski definition) is 2. The van der Waals surface area contributed by atoms with Gasteiger partial charge in [0, 0.05) is 5.56 Å². The van der Waals surface area contributed by atoms with Crippen LogP contribution in [0.3, 0.4) is 0 Å². The number of rotatable bonds is 8. The van der Waals surface area contributed by atoms with Crippen molar-refractivity contribution in [2.24, 2.45) is 0 Å². The molecule has 0 aliphatic carbocycles. The molecule has 3 aromatic carbocycles. The van der Waals surface area contributed by atoms with Crippen LogP contribution in [-0.2, 0) is 19.6 Å². The maximum absolute atomic E-state index is 13.1. The lowest BCUT2D eigenvalue weighted by Crippen LogP contribution is -2.15. The van der Waals surface area contributed by atoms with E-state index in [1.54, 1.807) is 19.1 Å². The summed E-state index contributed by atoms with van der Waals surface area (Å²) in [4.78, 5) is 19.1. The maximum Gasteiger partial charge on any atom is 0.344 e. The van der Waals surface area contributed by atoms with Gasteiger partial charge in [0.25, 0.3) is 10.0 Å². The van der Waals surface area contributed by atoms with Crippen LogP contribution in [0, 0.1) is 11.3 Å². The molecule has 0 spiro atoms. The van der Waals surface area contributed by atoms with Gasteiger partial charge in [-0.25, -0.2) is 18.2 Å². The first-order valence-corrected chi connectivity index (χ1v) is 11.8. The van der Waals surface area contributed by atoms with Crippen molar-refractivity contribution in [1.82, 2.24) is 9.97 Å². The summed E-state index contributed by atoms with van der Waals surface area (Å²) in [6, 6.07) is 19.7. The molecule has 10 heteroatoms. The summed E-state index contributed by atoms with van der Waals surface area (Å²) < 4.78 is 38.8. The summed E-state index contributed by atoms with van der Waals surface area (Å²) in [5.41, 5.74) is 2.53. The molecule has 0 radical (unpaired) electrons. The minimum Gasteiger partial charge on any atom is -0.482 e. The normalized spacial score (nSPS) is 11.1.